The lowest BCUT2D eigenvalue weighted by Gasteiger charge is -2.29. The largest absolute Gasteiger partial charge is 0.494 e. The zero-order chi connectivity index (χ0) is 15.5. The first-order valence-corrected chi connectivity index (χ1v) is 8.54. The molecule has 5 nitrogen and oxygen atoms in total. The van der Waals surface area contributed by atoms with E-state index in [-0.39, 0.29) is 5.78 Å². The summed E-state index contributed by atoms with van der Waals surface area (Å²) in [7, 11) is -3.21. The summed E-state index contributed by atoms with van der Waals surface area (Å²) in [5, 5.41) is 0. The minimum atomic E-state index is -3.21. The van der Waals surface area contributed by atoms with Crippen molar-refractivity contribution in [3.8, 4) is 5.75 Å². The van der Waals surface area contributed by atoms with Gasteiger partial charge in [-0.05, 0) is 50.5 Å². The number of aryl methyl sites for hydroxylation is 1. The van der Waals surface area contributed by atoms with E-state index < -0.39 is 10.8 Å². The standard InChI is InChI=1S/C15H21NO4S/c1-3-20-15-9-8-14(10-11(15)2)21(18,19)16-12-4-6-13(17)7-5-12/h8-10,18-19H,3-7H2,1-2H3. The van der Waals surface area contributed by atoms with Crippen molar-refractivity contribution in [2.24, 2.45) is 4.40 Å². The molecular formula is C15H21NO4S. The lowest BCUT2D eigenvalue weighted by atomic mass is 9.98. The van der Waals surface area contributed by atoms with E-state index >= 15 is 0 Å². The molecule has 6 heteroatoms. The van der Waals surface area contributed by atoms with E-state index in [0.717, 1.165) is 11.3 Å². The summed E-state index contributed by atoms with van der Waals surface area (Å²) in [6.45, 7) is 4.32. The second-order valence-electron chi connectivity index (χ2n) is 5.08. The van der Waals surface area contributed by atoms with Gasteiger partial charge in [-0.1, -0.05) is 10.8 Å². The molecule has 0 heterocycles. The summed E-state index contributed by atoms with van der Waals surface area (Å²) >= 11 is 0. The second-order valence-corrected chi connectivity index (χ2v) is 6.77. The van der Waals surface area contributed by atoms with E-state index in [9.17, 15) is 13.9 Å². The van der Waals surface area contributed by atoms with Gasteiger partial charge in [0.1, 0.15) is 11.5 Å². The van der Waals surface area contributed by atoms with Crippen LogP contribution >= 0.6 is 10.8 Å². The maximum absolute atomic E-state index is 11.2. The molecule has 1 saturated carbocycles. The first-order chi connectivity index (χ1) is 9.92. The Morgan fingerprint density at radius 3 is 2.48 bits per heavy atom. The Morgan fingerprint density at radius 1 is 1.24 bits per heavy atom. The number of carbonyl (C=O) groups is 1. The van der Waals surface area contributed by atoms with Gasteiger partial charge in [0.15, 0.2) is 0 Å². The molecule has 1 aliphatic rings. The minimum absolute atomic E-state index is 0.211. The molecule has 1 aromatic rings. The molecule has 2 rings (SSSR count). The molecule has 0 bridgehead atoms. The Labute approximate surface area is 126 Å². The van der Waals surface area contributed by atoms with Crippen LogP contribution in [0, 0.1) is 6.92 Å². The molecule has 1 aromatic carbocycles. The van der Waals surface area contributed by atoms with Crippen LogP contribution in [-0.2, 0) is 4.79 Å². The lowest BCUT2D eigenvalue weighted by molar-refractivity contribution is -0.119. The molecule has 0 amide bonds. The zero-order valence-corrected chi connectivity index (χ0v) is 13.2. The lowest BCUT2D eigenvalue weighted by Crippen LogP contribution is -2.14. The highest BCUT2D eigenvalue weighted by Crippen LogP contribution is 2.51. The van der Waals surface area contributed by atoms with E-state index in [1.54, 1.807) is 18.2 Å². The van der Waals surface area contributed by atoms with Crippen molar-refractivity contribution in [1.82, 2.24) is 0 Å². The van der Waals surface area contributed by atoms with Gasteiger partial charge in [0.2, 0.25) is 0 Å². The topological polar surface area (TPSA) is 79.1 Å². The molecule has 0 radical (unpaired) electrons. The predicted octanol–water partition coefficient (Wildman–Crippen LogP) is 4.00. The molecule has 1 fully saturated rings. The number of hydrogen-bond donors (Lipinski definition) is 2. The average molecular weight is 311 g/mol. The quantitative estimate of drug-likeness (QED) is 0.880. The average Bonchev–Trinajstić information content (AvgIpc) is 2.43. The first-order valence-electron chi connectivity index (χ1n) is 7.03. The highest BCUT2D eigenvalue weighted by molar-refractivity contribution is 8.23. The molecule has 0 unspecified atom stereocenters. The normalized spacial score (nSPS) is 16.8. The third-order valence-electron chi connectivity index (χ3n) is 3.40. The van der Waals surface area contributed by atoms with Gasteiger partial charge in [-0.2, -0.15) is 4.40 Å². The number of rotatable bonds is 4. The van der Waals surface area contributed by atoms with E-state index in [1.165, 1.54) is 0 Å². The molecule has 21 heavy (non-hydrogen) atoms. The van der Waals surface area contributed by atoms with Gasteiger partial charge in [-0.15, -0.1) is 0 Å². The number of hydrogen-bond acceptors (Lipinski definition) is 5. The van der Waals surface area contributed by atoms with Crippen LogP contribution in [-0.4, -0.2) is 27.2 Å². The van der Waals surface area contributed by atoms with Gasteiger partial charge >= 0.3 is 0 Å². The minimum Gasteiger partial charge on any atom is -0.494 e. The third kappa shape index (κ3) is 4.06. The fraction of sp³-hybridized carbons (Fsp3) is 0.467. The van der Waals surface area contributed by atoms with Gasteiger partial charge in [0.05, 0.1) is 11.5 Å². The molecule has 2 N–H and O–H groups in total. The van der Waals surface area contributed by atoms with Gasteiger partial charge < -0.3 is 4.74 Å². The molecule has 0 aliphatic heterocycles. The molecule has 0 atom stereocenters. The molecule has 0 aromatic heterocycles. The summed E-state index contributed by atoms with van der Waals surface area (Å²) in [5.41, 5.74) is 1.55. The molecule has 1 aliphatic carbocycles. The van der Waals surface area contributed by atoms with Crippen LogP contribution in [0.15, 0.2) is 27.5 Å². The second kappa shape index (κ2) is 6.60. The summed E-state index contributed by atoms with van der Waals surface area (Å²) in [4.78, 5) is 11.6. The maximum atomic E-state index is 11.2. The summed E-state index contributed by atoms with van der Waals surface area (Å²) < 4.78 is 30.1. The Balaban J connectivity index is 2.20. The Morgan fingerprint density at radius 2 is 1.90 bits per heavy atom. The monoisotopic (exact) mass is 311 g/mol. The highest BCUT2D eigenvalue weighted by atomic mass is 32.3. The molecular weight excluding hydrogens is 290 g/mol. The Bertz CT molecular complexity index is 557. The first kappa shape index (κ1) is 16.0. The van der Waals surface area contributed by atoms with Crippen LogP contribution in [0.1, 0.15) is 38.2 Å². The summed E-state index contributed by atoms with van der Waals surface area (Å²) in [5.74, 6) is 0.940. The number of Topliss-reactive ketones (excluding diaryl/α,β-unsaturated/α-hetero) is 1. The Kier molecular flexibility index (Phi) is 5.03. The molecule has 0 spiro atoms. The predicted molar refractivity (Wildman–Crippen MR) is 84.4 cm³/mol. The van der Waals surface area contributed by atoms with Crippen LogP contribution < -0.4 is 4.74 Å². The van der Waals surface area contributed by atoms with E-state index in [0.29, 0.717) is 42.9 Å². The van der Waals surface area contributed by atoms with Crippen molar-refractivity contribution in [1.29, 1.82) is 0 Å². The van der Waals surface area contributed by atoms with Crippen molar-refractivity contribution in [3.63, 3.8) is 0 Å². The van der Waals surface area contributed by atoms with Crippen LogP contribution in [0.5, 0.6) is 5.75 Å². The third-order valence-corrected chi connectivity index (χ3v) is 4.80. The molecule has 0 saturated heterocycles. The number of carbonyl (C=O) groups excluding carboxylic acids is 1. The van der Waals surface area contributed by atoms with Crippen LogP contribution in [0.25, 0.3) is 0 Å². The van der Waals surface area contributed by atoms with Crippen molar-refractivity contribution in [2.45, 2.75) is 44.4 Å². The SMILES string of the molecule is CCOc1ccc(S(O)(O)N=C2CCC(=O)CC2)cc1C. The van der Waals surface area contributed by atoms with E-state index in [4.69, 9.17) is 4.74 Å². The number of ketones is 1. The number of nitrogens with zero attached hydrogens (tertiary/aromatic N) is 1. The smallest absolute Gasteiger partial charge is 0.133 e. The highest BCUT2D eigenvalue weighted by Gasteiger charge is 2.20. The van der Waals surface area contributed by atoms with Crippen LogP contribution in [0.3, 0.4) is 0 Å². The van der Waals surface area contributed by atoms with E-state index in [1.807, 2.05) is 13.8 Å². The summed E-state index contributed by atoms with van der Waals surface area (Å²) in [6, 6.07) is 5.05. The van der Waals surface area contributed by atoms with Crippen LogP contribution in [0.4, 0.5) is 0 Å². The van der Waals surface area contributed by atoms with Crippen LogP contribution in [0.2, 0.25) is 0 Å². The van der Waals surface area contributed by atoms with Gasteiger partial charge in [0, 0.05) is 18.6 Å². The molecule has 116 valence electrons. The van der Waals surface area contributed by atoms with Crippen molar-refractivity contribution in [2.75, 3.05) is 6.61 Å². The van der Waals surface area contributed by atoms with Gasteiger partial charge in [-0.25, -0.2) is 0 Å². The number of ether oxygens (including phenoxy) is 1. The van der Waals surface area contributed by atoms with E-state index in [2.05, 4.69) is 4.40 Å². The van der Waals surface area contributed by atoms with Crippen molar-refractivity contribution in [3.05, 3.63) is 23.8 Å². The fourth-order valence-electron chi connectivity index (χ4n) is 2.25. The Hall–Kier alpha value is -1.37. The fourth-order valence-corrected chi connectivity index (χ4v) is 3.48. The number of benzene rings is 1. The van der Waals surface area contributed by atoms with Gasteiger partial charge in [0.25, 0.3) is 0 Å². The summed E-state index contributed by atoms with van der Waals surface area (Å²) in [6.07, 6.45) is 1.92. The van der Waals surface area contributed by atoms with Crippen molar-refractivity contribution >= 4 is 22.3 Å². The maximum Gasteiger partial charge on any atom is 0.133 e. The van der Waals surface area contributed by atoms with Gasteiger partial charge in [-0.3, -0.25) is 13.9 Å². The zero-order valence-electron chi connectivity index (χ0n) is 12.3. The van der Waals surface area contributed by atoms with Crippen molar-refractivity contribution < 1.29 is 18.6 Å².